The van der Waals surface area contributed by atoms with Crippen LogP contribution in [0.4, 0.5) is 5.69 Å². The van der Waals surface area contributed by atoms with E-state index in [9.17, 15) is 0 Å². The van der Waals surface area contributed by atoms with Crippen molar-refractivity contribution in [2.45, 2.75) is 26.3 Å². The van der Waals surface area contributed by atoms with Crippen LogP contribution in [-0.4, -0.2) is 5.11 Å². The molecule has 0 radical (unpaired) electrons. The number of benzene rings is 2. The molecule has 2 nitrogen and oxygen atoms in total. The molecule has 1 atom stereocenters. The Kier molecular flexibility index (Phi) is 5.13. The van der Waals surface area contributed by atoms with Gasteiger partial charge >= 0.3 is 0 Å². The highest BCUT2D eigenvalue weighted by atomic mass is 32.1. The highest BCUT2D eigenvalue weighted by molar-refractivity contribution is 7.80. The monoisotopic (exact) mass is 284 g/mol. The smallest absolute Gasteiger partial charge is 0.171 e. The van der Waals surface area contributed by atoms with Gasteiger partial charge in [-0.2, -0.15) is 0 Å². The average Bonchev–Trinajstić information content (AvgIpc) is 2.46. The fraction of sp³-hybridized carbons (Fsp3) is 0.235. The van der Waals surface area contributed by atoms with E-state index >= 15 is 0 Å². The molecule has 0 heterocycles. The summed E-state index contributed by atoms with van der Waals surface area (Å²) in [6.07, 6.45) is 0.988. The zero-order valence-corrected chi connectivity index (χ0v) is 12.7. The molecule has 0 aromatic heterocycles. The second-order valence-electron chi connectivity index (χ2n) is 4.78. The predicted molar refractivity (Wildman–Crippen MR) is 90.0 cm³/mol. The summed E-state index contributed by atoms with van der Waals surface area (Å²) >= 11 is 5.40. The van der Waals surface area contributed by atoms with Gasteiger partial charge in [0.25, 0.3) is 0 Å². The van der Waals surface area contributed by atoms with Gasteiger partial charge in [0.1, 0.15) is 0 Å². The third kappa shape index (κ3) is 3.81. The normalized spacial score (nSPS) is 11.7. The lowest BCUT2D eigenvalue weighted by molar-refractivity contribution is 0.625. The van der Waals surface area contributed by atoms with Crippen molar-refractivity contribution >= 4 is 23.0 Å². The number of aryl methyl sites for hydroxylation is 1. The summed E-state index contributed by atoms with van der Waals surface area (Å²) in [5, 5.41) is 7.27. The molecule has 1 unspecified atom stereocenters. The lowest BCUT2D eigenvalue weighted by Gasteiger charge is -2.21. The Bertz CT molecular complexity index is 566. The van der Waals surface area contributed by atoms with E-state index in [0.29, 0.717) is 5.11 Å². The minimum atomic E-state index is 0.236. The molecule has 0 saturated heterocycles. The summed E-state index contributed by atoms with van der Waals surface area (Å²) < 4.78 is 0. The van der Waals surface area contributed by atoms with E-state index in [2.05, 4.69) is 48.7 Å². The summed E-state index contributed by atoms with van der Waals surface area (Å²) in [5.74, 6) is 0. The molecule has 0 spiro atoms. The minimum Gasteiger partial charge on any atom is -0.356 e. The van der Waals surface area contributed by atoms with Gasteiger partial charge in [-0.1, -0.05) is 49.4 Å². The number of nitrogens with one attached hydrogen (secondary N) is 2. The fourth-order valence-electron chi connectivity index (χ4n) is 2.22. The van der Waals surface area contributed by atoms with Gasteiger partial charge in [-0.05, 0) is 48.8 Å². The van der Waals surface area contributed by atoms with E-state index in [1.54, 1.807) is 0 Å². The van der Waals surface area contributed by atoms with Crippen molar-refractivity contribution in [1.82, 2.24) is 5.32 Å². The van der Waals surface area contributed by atoms with Crippen LogP contribution >= 0.6 is 12.2 Å². The average molecular weight is 284 g/mol. The molecule has 0 amide bonds. The molecule has 0 aliphatic rings. The van der Waals surface area contributed by atoms with Crippen LogP contribution in [0.1, 0.15) is 30.5 Å². The quantitative estimate of drug-likeness (QED) is 0.812. The number of anilines is 1. The Morgan fingerprint density at radius 2 is 1.70 bits per heavy atom. The number of hydrogen-bond acceptors (Lipinski definition) is 1. The second kappa shape index (κ2) is 7.06. The van der Waals surface area contributed by atoms with Crippen LogP contribution in [0.25, 0.3) is 0 Å². The van der Waals surface area contributed by atoms with E-state index in [4.69, 9.17) is 12.2 Å². The lowest BCUT2D eigenvalue weighted by atomic mass is 10.00. The Morgan fingerprint density at radius 1 is 1.05 bits per heavy atom. The Labute approximate surface area is 126 Å². The van der Waals surface area contributed by atoms with Gasteiger partial charge in [0.2, 0.25) is 0 Å². The molecule has 0 aliphatic carbocycles. The molecule has 0 bridgehead atoms. The lowest BCUT2D eigenvalue weighted by Crippen LogP contribution is -2.32. The van der Waals surface area contributed by atoms with E-state index in [1.165, 1.54) is 11.1 Å². The van der Waals surface area contributed by atoms with E-state index in [0.717, 1.165) is 12.1 Å². The van der Waals surface area contributed by atoms with E-state index in [1.807, 2.05) is 30.3 Å². The van der Waals surface area contributed by atoms with Crippen molar-refractivity contribution in [3.05, 3.63) is 65.7 Å². The third-order valence-electron chi connectivity index (χ3n) is 3.31. The molecule has 0 saturated carbocycles. The largest absolute Gasteiger partial charge is 0.356 e. The molecule has 2 aromatic carbocycles. The van der Waals surface area contributed by atoms with Gasteiger partial charge in [-0.25, -0.2) is 0 Å². The first kappa shape index (κ1) is 14.5. The molecule has 2 N–H and O–H groups in total. The number of thiocarbonyl (C=S) groups is 1. The van der Waals surface area contributed by atoms with Gasteiger partial charge < -0.3 is 10.6 Å². The first-order valence-electron chi connectivity index (χ1n) is 6.88. The van der Waals surface area contributed by atoms with Crippen LogP contribution in [0.5, 0.6) is 0 Å². The molecule has 2 aromatic rings. The molecular weight excluding hydrogens is 264 g/mol. The number of para-hydroxylation sites is 1. The Hall–Kier alpha value is -1.87. The predicted octanol–water partition coefficient (Wildman–Crippen LogP) is 4.43. The van der Waals surface area contributed by atoms with Gasteiger partial charge in [0, 0.05) is 5.69 Å². The molecule has 3 heteroatoms. The molecule has 2 rings (SSSR count). The first-order valence-corrected chi connectivity index (χ1v) is 7.29. The van der Waals surface area contributed by atoms with Crippen molar-refractivity contribution in [2.24, 2.45) is 0 Å². The van der Waals surface area contributed by atoms with Gasteiger partial charge in [-0.3, -0.25) is 0 Å². The SMILES string of the molecule is CCC(NC(=S)Nc1ccccc1)c1ccccc1C. The topological polar surface area (TPSA) is 24.1 Å². The molecule has 0 fully saturated rings. The van der Waals surface area contributed by atoms with E-state index < -0.39 is 0 Å². The van der Waals surface area contributed by atoms with Crippen LogP contribution < -0.4 is 10.6 Å². The summed E-state index contributed by atoms with van der Waals surface area (Å²) in [4.78, 5) is 0. The highest BCUT2D eigenvalue weighted by Gasteiger charge is 2.12. The van der Waals surface area contributed by atoms with Crippen molar-refractivity contribution < 1.29 is 0 Å². The van der Waals surface area contributed by atoms with Crippen molar-refractivity contribution in [3.8, 4) is 0 Å². The summed E-state index contributed by atoms with van der Waals surface area (Å²) in [6, 6.07) is 18.6. The second-order valence-corrected chi connectivity index (χ2v) is 5.19. The van der Waals surface area contributed by atoms with Gasteiger partial charge in [-0.15, -0.1) is 0 Å². The highest BCUT2D eigenvalue weighted by Crippen LogP contribution is 2.20. The third-order valence-corrected chi connectivity index (χ3v) is 3.53. The van der Waals surface area contributed by atoms with Crippen LogP contribution in [0.2, 0.25) is 0 Å². The standard InChI is InChI=1S/C17H20N2S/c1-3-16(15-12-8-7-9-13(15)2)19-17(20)18-14-10-5-4-6-11-14/h4-12,16H,3H2,1-2H3,(H2,18,19,20). The molecule has 104 valence electrons. The van der Waals surface area contributed by atoms with Crippen molar-refractivity contribution in [2.75, 3.05) is 5.32 Å². The van der Waals surface area contributed by atoms with Gasteiger partial charge in [0.05, 0.1) is 6.04 Å². The van der Waals surface area contributed by atoms with Crippen LogP contribution in [0.15, 0.2) is 54.6 Å². The van der Waals surface area contributed by atoms with Crippen LogP contribution in [-0.2, 0) is 0 Å². The zero-order chi connectivity index (χ0) is 14.4. The van der Waals surface area contributed by atoms with Gasteiger partial charge in [0.15, 0.2) is 5.11 Å². The zero-order valence-electron chi connectivity index (χ0n) is 11.9. The minimum absolute atomic E-state index is 0.236. The summed E-state index contributed by atoms with van der Waals surface area (Å²) in [7, 11) is 0. The maximum Gasteiger partial charge on any atom is 0.171 e. The first-order chi connectivity index (χ1) is 9.70. The number of rotatable bonds is 4. The van der Waals surface area contributed by atoms with E-state index in [-0.39, 0.29) is 6.04 Å². The fourth-order valence-corrected chi connectivity index (χ4v) is 2.48. The maximum atomic E-state index is 5.40. The summed E-state index contributed by atoms with van der Waals surface area (Å²) in [6.45, 7) is 4.29. The molecular formula is C17H20N2S. The van der Waals surface area contributed by atoms with Crippen LogP contribution in [0, 0.1) is 6.92 Å². The maximum absolute atomic E-state index is 5.40. The Balaban J connectivity index is 2.04. The number of hydrogen-bond donors (Lipinski definition) is 2. The molecule has 0 aliphatic heterocycles. The van der Waals surface area contributed by atoms with Crippen LogP contribution in [0.3, 0.4) is 0 Å². The molecule has 20 heavy (non-hydrogen) atoms. The van der Waals surface area contributed by atoms with Crippen molar-refractivity contribution in [3.63, 3.8) is 0 Å². The van der Waals surface area contributed by atoms with Crippen molar-refractivity contribution in [1.29, 1.82) is 0 Å². The summed E-state index contributed by atoms with van der Waals surface area (Å²) in [5.41, 5.74) is 3.59. The Morgan fingerprint density at radius 3 is 2.35 bits per heavy atom.